The van der Waals surface area contributed by atoms with Crippen LogP contribution in [0.5, 0.6) is 5.75 Å². The van der Waals surface area contributed by atoms with Crippen LogP contribution in [-0.2, 0) is 17.8 Å². The molecule has 25 heavy (non-hydrogen) atoms. The van der Waals surface area contributed by atoms with Crippen molar-refractivity contribution in [3.8, 4) is 5.75 Å². The van der Waals surface area contributed by atoms with Gasteiger partial charge in [0, 0.05) is 18.7 Å². The molecule has 0 atom stereocenters. The first-order valence-corrected chi connectivity index (χ1v) is 7.65. The van der Waals surface area contributed by atoms with E-state index in [1.807, 2.05) is 24.3 Å². The predicted molar refractivity (Wildman–Crippen MR) is 87.7 cm³/mol. The van der Waals surface area contributed by atoms with Gasteiger partial charge >= 0.3 is 12.1 Å². The molecule has 7 heteroatoms. The largest absolute Gasteiger partial charge is 0.484 e. The third kappa shape index (κ3) is 7.15. The number of nitrogens with one attached hydrogen (secondary N) is 1. The van der Waals surface area contributed by atoms with Gasteiger partial charge in [-0.05, 0) is 41.8 Å². The normalized spacial score (nSPS) is 11.2. The van der Waals surface area contributed by atoms with E-state index in [0.717, 1.165) is 16.8 Å². The van der Waals surface area contributed by atoms with E-state index in [1.54, 1.807) is 18.2 Å². The van der Waals surface area contributed by atoms with Crippen LogP contribution in [0.25, 0.3) is 0 Å². The minimum absolute atomic E-state index is 0.0576. The fourth-order valence-corrected chi connectivity index (χ4v) is 2.20. The number of carboxylic acids is 1. The van der Waals surface area contributed by atoms with Crippen LogP contribution in [-0.4, -0.2) is 23.9 Å². The zero-order valence-corrected chi connectivity index (χ0v) is 13.3. The molecule has 0 radical (unpaired) electrons. The number of ether oxygens (including phenoxy) is 1. The Balaban J connectivity index is 1.92. The van der Waals surface area contributed by atoms with Crippen molar-refractivity contribution >= 4 is 11.7 Å². The lowest BCUT2D eigenvalue weighted by Gasteiger charge is -2.11. The second kappa shape index (κ2) is 8.41. The van der Waals surface area contributed by atoms with Crippen molar-refractivity contribution in [1.29, 1.82) is 0 Å². The van der Waals surface area contributed by atoms with Gasteiger partial charge in [-0.3, -0.25) is 4.79 Å². The minimum atomic E-state index is -4.37. The molecule has 4 nitrogen and oxygen atoms in total. The topological polar surface area (TPSA) is 58.6 Å². The first-order valence-electron chi connectivity index (χ1n) is 7.65. The van der Waals surface area contributed by atoms with Crippen LogP contribution in [0, 0.1) is 0 Å². The smallest absolute Gasteiger partial charge is 0.422 e. The highest BCUT2D eigenvalue weighted by molar-refractivity contribution is 5.67. The fraction of sp³-hybridized carbons (Fsp3) is 0.278. The van der Waals surface area contributed by atoms with E-state index < -0.39 is 18.8 Å². The van der Waals surface area contributed by atoms with Crippen molar-refractivity contribution in [3.05, 3.63) is 59.7 Å². The number of aliphatic carboxylic acids is 1. The standard InChI is InChI=1S/C18H18F3NO3/c19-18(20,21)12-25-16-6-2-4-14(10-16)11-22-15-5-1-3-13(9-15)7-8-17(23)24/h1-6,9-10,22H,7-8,11-12H2,(H,23,24). The Hall–Kier alpha value is -2.70. The van der Waals surface area contributed by atoms with Gasteiger partial charge in [-0.15, -0.1) is 0 Å². The van der Waals surface area contributed by atoms with E-state index in [9.17, 15) is 18.0 Å². The summed E-state index contributed by atoms with van der Waals surface area (Å²) >= 11 is 0. The van der Waals surface area contributed by atoms with Gasteiger partial charge in [0.1, 0.15) is 5.75 Å². The number of halogens is 3. The average molecular weight is 353 g/mol. The Labute approximate surface area is 143 Å². The third-order valence-corrected chi connectivity index (χ3v) is 3.35. The Kier molecular flexibility index (Phi) is 6.27. The number of benzene rings is 2. The molecule has 0 fully saturated rings. The van der Waals surface area contributed by atoms with Gasteiger partial charge in [0.25, 0.3) is 0 Å². The first kappa shape index (κ1) is 18.6. The summed E-state index contributed by atoms with van der Waals surface area (Å²) in [7, 11) is 0. The monoisotopic (exact) mass is 353 g/mol. The number of hydrogen-bond donors (Lipinski definition) is 2. The highest BCUT2D eigenvalue weighted by Gasteiger charge is 2.28. The summed E-state index contributed by atoms with van der Waals surface area (Å²) in [5.74, 6) is -0.694. The third-order valence-electron chi connectivity index (χ3n) is 3.35. The van der Waals surface area contributed by atoms with Crippen molar-refractivity contribution in [2.45, 2.75) is 25.6 Å². The Morgan fingerprint density at radius 3 is 2.52 bits per heavy atom. The first-order chi connectivity index (χ1) is 11.8. The molecule has 0 bridgehead atoms. The summed E-state index contributed by atoms with van der Waals surface area (Å²) in [6, 6.07) is 13.8. The van der Waals surface area contributed by atoms with E-state index in [0.29, 0.717) is 13.0 Å². The molecule has 2 aromatic rings. The van der Waals surface area contributed by atoms with Crippen LogP contribution in [0.1, 0.15) is 17.5 Å². The van der Waals surface area contributed by atoms with Crippen molar-refractivity contribution in [3.63, 3.8) is 0 Å². The number of anilines is 1. The Morgan fingerprint density at radius 2 is 1.80 bits per heavy atom. The maximum Gasteiger partial charge on any atom is 0.422 e. The van der Waals surface area contributed by atoms with Gasteiger partial charge in [0.2, 0.25) is 0 Å². The number of rotatable bonds is 8. The Morgan fingerprint density at radius 1 is 1.08 bits per heavy atom. The van der Waals surface area contributed by atoms with E-state index in [4.69, 9.17) is 9.84 Å². The number of carbonyl (C=O) groups is 1. The molecule has 0 aromatic heterocycles. The van der Waals surface area contributed by atoms with Crippen molar-refractivity contribution in [2.24, 2.45) is 0 Å². The highest BCUT2D eigenvalue weighted by atomic mass is 19.4. The molecule has 0 amide bonds. The SMILES string of the molecule is O=C(O)CCc1cccc(NCc2cccc(OCC(F)(F)F)c2)c1. The number of hydrogen-bond acceptors (Lipinski definition) is 3. The van der Waals surface area contributed by atoms with Crippen LogP contribution >= 0.6 is 0 Å². The quantitative estimate of drug-likeness (QED) is 0.745. The molecular formula is C18H18F3NO3. The highest BCUT2D eigenvalue weighted by Crippen LogP contribution is 2.20. The summed E-state index contributed by atoms with van der Waals surface area (Å²) < 4.78 is 41.3. The van der Waals surface area contributed by atoms with Gasteiger partial charge in [-0.1, -0.05) is 24.3 Å². The van der Waals surface area contributed by atoms with E-state index >= 15 is 0 Å². The molecule has 134 valence electrons. The molecule has 0 heterocycles. The molecular weight excluding hydrogens is 335 g/mol. The molecule has 2 rings (SSSR count). The van der Waals surface area contributed by atoms with Gasteiger partial charge in [-0.2, -0.15) is 13.2 Å². The average Bonchev–Trinajstić information content (AvgIpc) is 2.56. The fourth-order valence-electron chi connectivity index (χ4n) is 2.20. The molecule has 0 spiro atoms. The second-order valence-electron chi connectivity index (χ2n) is 5.50. The van der Waals surface area contributed by atoms with Crippen LogP contribution in [0.3, 0.4) is 0 Å². The predicted octanol–water partition coefficient (Wildman–Crippen LogP) is 4.26. The summed E-state index contributed by atoms with van der Waals surface area (Å²) in [4.78, 5) is 10.6. The molecule has 0 aliphatic carbocycles. The number of aryl methyl sites for hydroxylation is 1. The number of alkyl halides is 3. The molecule has 0 unspecified atom stereocenters. The maximum absolute atomic E-state index is 12.2. The van der Waals surface area contributed by atoms with Gasteiger partial charge < -0.3 is 15.2 Å². The molecule has 0 saturated carbocycles. The van der Waals surface area contributed by atoms with Crippen molar-refractivity contribution in [2.75, 3.05) is 11.9 Å². The molecule has 2 aromatic carbocycles. The van der Waals surface area contributed by atoms with Crippen LogP contribution in [0.4, 0.5) is 18.9 Å². The minimum Gasteiger partial charge on any atom is -0.484 e. The number of carboxylic acid groups (broad SMARTS) is 1. The zero-order chi connectivity index (χ0) is 18.3. The van der Waals surface area contributed by atoms with Gasteiger partial charge in [0.15, 0.2) is 6.61 Å². The lowest BCUT2D eigenvalue weighted by molar-refractivity contribution is -0.153. The molecule has 0 saturated heterocycles. The van der Waals surface area contributed by atoms with Crippen LogP contribution < -0.4 is 10.1 Å². The van der Waals surface area contributed by atoms with Crippen molar-refractivity contribution in [1.82, 2.24) is 0 Å². The van der Waals surface area contributed by atoms with E-state index in [2.05, 4.69) is 5.32 Å². The summed E-state index contributed by atoms with van der Waals surface area (Å²) in [6.07, 6.45) is -3.88. The van der Waals surface area contributed by atoms with E-state index in [1.165, 1.54) is 6.07 Å². The molecule has 2 N–H and O–H groups in total. The Bertz CT molecular complexity index is 717. The molecule has 0 aliphatic heterocycles. The summed E-state index contributed by atoms with van der Waals surface area (Å²) in [5, 5.41) is 11.9. The lowest BCUT2D eigenvalue weighted by Crippen LogP contribution is -2.19. The van der Waals surface area contributed by atoms with Crippen molar-refractivity contribution < 1.29 is 27.8 Å². The molecule has 0 aliphatic rings. The zero-order valence-electron chi connectivity index (χ0n) is 13.3. The van der Waals surface area contributed by atoms with Crippen LogP contribution in [0.15, 0.2) is 48.5 Å². The van der Waals surface area contributed by atoms with E-state index in [-0.39, 0.29) is 12.2 Å². The second-order valence-corrected chi connectivity index (χ2v) is 5.50. The lowest BCUT2D eigenvalue weighted by atomic mass is 10.1. The van der Waals surface area contributed by atoms with Crippen LogP contribution in [0.2, 0.25) is 0 Å². The maximum atomic E-state index is 12.2. The van der Waals surface area contributed by atoms with Gasteiger partial charge in [0.05, 0.1) is 0 Å². The van der Waals surface area contributed by atoms with Gasteiger partial charge in [-0.25, -0.2) is 0 Å². The summed E-state index contributed by atoms with van der Waals surface area (Å²) in [6.45, 7) is -0.916. The summed E-state index contributed by atoms with van der Waals surface area (Å²) in [5.41, 5.74) is 2.48.